The van der Waals surface area contributed by atoms with Gasteiger partial charge in [-0.05, 0) is 18.8 Å². The van der Waals surface area contributed by atoms with Crippen molar-refractivity contribution in [2.45, 2.75) is 31.6 Å². The lowest BCUT2D eigenvalue weighted by molar-refractivity contribution is -0.0443. The van der Waals surface area contributed by atoms with Gasteiger partial charge in [0.05, 0.1) is 30.0 Å². The number of hydrogen-bond donors (Lipinski definition) is 2. The second-order valence-corrected chi connectivity index (χ2v) is 7.12. The maximum atomic E-state index is 13.2. The lowest BCUT2D eigenvalue weighted by Gasteiger charge is -2.28. The van der Waals surface area contributed by atoms with E-state index in [1.807, 2.05) is 19.4 Å². The Hall–Kier alpha value is -3.04. The van der Waals surface area contributed by atoms with Crippen LogP contribution >= 0.6 is 0 Å². The molecule has 3 aromatic rings. The van der Waals surface area contributed by atoms with Crippen molar-refractivity contribution in [1.29, 1.82) is 0 Å². The summed E-state index contributed by atoms with van der Waals surface area (Å²) in [6, 6.07) is 1.76. The molecular formula is C18H22F2N8. The van der Waals surface area contributed by atoms with Crippen LogP contribution < -0.4 is 10.6 Å². The molecule has 2 N–H and O–H groups in total. The molecule has 0 spiro atoms. The second kappa shape index (κ2) is 7.53. The van der Waals surface area contributed by atoms with Crippen molar-refractivity contribution < 1.29 is 8.78 Å². The number of anilines is 3. The summed E-state index contributed by atoms with van der Waals surface area (Å²) in [6.07, 6.45) is 9.74. The zero-order chi connectivity index (χ0) is 19.6. The molecule has 0 aliphatic heterocycles. The van der Waals surface area contributed by atoms with Crippen LogP contribution in [-0.4, -0.2) is 42.0 Å². The van der Waals surface area contributed by atoms with Gasteiger partial charge >= 0.3 is 0 Å². The van der Waals surface area contributed by atoms with Crippen LogP contribution in [0.25, 0.3) is 5.82 Å². The number of nitrogens with one attached hydrogen (secondary N) is 2. The van der Waals surface area contributed by atoms with Gasteiger partial charge in [0.25, 0.3) is 0 Å². The molecule has 10 heteroatoms. The van der Waals surface area contributed by atoms with E-state index in [0.717, 1.165) is 11.4 Å². The highest BCUT2D eigenvalue weighted by molar-refractivity contribution is 5.51. The summed E-state index contributed by atoms with van der Waals surface area (Å²) in [7, 11) is 1.83. The molecule has 4 rings (SSSR count). The third kappa shape index (κ3) is 4.44. The lowest BCUT2D eigenvalue weighted by Crippen LogP contribution is -2.28. The van der Waals surface area contributed by atoms with E-state index < -0.39 is 5.92 Å². The Bertz CT molecular complexity index is 925. The molecule has 1 aliphatic rings. The molecule has 0 bridgehead atoms. The van der Waals surface area contributed by atoms with Crippen LogP contribution in [0.1, 0.15) is 25.7 Å². The predicted molar refractivity (Wildman–Crippen MR) is 101 cm³/mol. The highest BCUT2D eigenvalue weighted by Gasteiger charge is 2.34. The van der Waals surface area contributed by atoms with E-state index >= 15 is 0 Å². The van der Waals surface area contributed by atoms with Crippen LogP contribution in [-0.2, 0) is 7.05 Å². The second-order valence-electron chi connectivity index (χ2n) is 7.12. The van der Waals surface area contributed by atoms with Crippen molar-refractivity contribution in [2.24, 2.45) is 13.0 Å². The lowest BCUT2D eigenvalue weighted by atomic mass is 9.87. The predicted octanol–water partition coefficient (Wildman–Crippen LogP) is 3.38. The number of aryl methyl sites for hydroxylation is 1. The standard InChI is InChI=1S/C18H22F2N8/c1-27-11-15(10-23-27)25-17-21-7-4-16(26-17)28-12-14(9-24-28)22-8-13-2-5-18(19,20)6-3-13/h4,7,9-13,22H,2-3,5-6,8H2,1H3,(H,21,25,26). The molecule has 0 saturated heterocycles. The van der Waals surface area contributed by atoms with E-state index in [9.17, 15) is 8.78 Å². The van der Waals surface area contributed by atoms with Crippen molar-refractivity contribution in [1.82, 2.24) is 29.5 Å². The van der Waals surface area contributed by atoms with Gasteiger partial charge in [-0.2, -0.15) is 15.2 Å². The fourth-order valence-corrected chi connectivity index (χ4v) is 3.26. The van der Waals surface area contributed by atoms with Crippen LogP contribution in [0, 0.1) is 5.92 Å². The van der Waals surface area contributed by atoms with E-state index in [-0.39, 0.29) is 18.8 Å². The van der Waals surface area contributed by atoms with Gasteiger partial charge in [0.15, 0.2) is 5.82 Å². The quantitative estimate of drug-likeness (QED) is 0.673. The third-order valence-corrected chi connectivity index (χ3v) is 4.85. The molecule has 1 fully saturated rings. The fourth-order valence-electron chi connectivity index (χ4n) is 3.26. The summed E-state index contributed by atoms with van der Waals surface area (Å²) >= 11 is 0. The molecule has 0 aromatic carbocycles. The minimum Gasteiger partial charge on any atom is -0.382 e. The van der Waals surface area contributed by atoms with Gasteiger partial charge in [-0.25, -0.2) is 18.4 Å². The Balaban J connectivity index is 1.37. The number of rotatable bonds is 6. The van der Waals surface area contributed by atoms with Crippen LogP contribution in [0.2, 0.25) is 0 Å². The Morgan fingerprint density at radius 1 is 1.14 bits per heavy atom. The van der Waals surface area contributed by atoms with Gasteiger partial charge in [0, 0.05) is 44.9 Å². The van der Waals surface area contributed by atoms with E-state index in [0.29, 0.717) is 31.2 Å². The summed E-state index contributed by atoms with van der Waals surface area (Å²) in [6.45, 7) is 0.666. The number of hydrogen-bond acceptors (Lipinski definition) is 6. The van der Waals surface area contributed by atoms with Gasteiger partial charge in [0.2, 0.25) is 11.9 Å². The van der Waals surface area contributed by atoms with Crippen LogP contribution in [0.5, 0.6) is 0 Å². The van der Waals surface area contributed by atoms with E-state index in [2.05, 4.69) is 30.8 Å². The monoisotopic (exact) mass is 388 g/mol. The van der Waals surface area contributed by atoms with Crippen molar-refractivity contribution in [3.8, 4) is 5.82 Å². The maximum absolute atomic E-state index is 13.2. The highest BCUT2D eigenvalue weighted by atomic mass is 19.3. The largest absolute Gasteiger partial charge is 0.382 e. The first-order valence-corrected chi connectivity index (χ1v) is 9.22. The van der Waals surface area contributed by atoms with Crippen LogP contribution in [0.15, 0.2) is 37.1 Å². The van der Waals surface area contributed by atoms with Gasteiger partial charge < -0.3 is 10.6 Å². The maximum Gasteiger partial charge on any atom is 0.248 e. The minimum atomic E-state index is -2.49. The molecule has 0 amide bonds. The molecule has 0 unspecified atom stereocenters. The van der Waals surface area contributed by atoms with Gasteiger partial charge in [-0.15, -0.1) is 0 Å². The molecule has 28 heavy (non-hydrogen) atoms. The van der Waals surface area contributed by atoms with Gasteiger partial charge in [-0.3, -0.25) is 4.68 Å². The molecule has 8 nitrogen and oxygen atoms in total. The summed E-state index contributed by atoms with van der Waals surface area (Å²) in [5.41, 5.74) is 1.62. The molecule has 1 aliphatic carbocycles. The van der Waals surface area contributed by atoms with Gasteiger partial charge in [-0.1, -0.05) is 0 Å². The Kier molecular flexibility index (Phi) is 4.93. The van der Waals surface area contributed by atoms with Crippen molar-refractivity contribution in [3.63, 3.8) is 0 Å². The topological polar surface area (TPSA) is 85.5 Å². The van der Waals surface area contributed by atoms with E-state index in [1.165, 1.54) is 0 Å². The van der Waals surface area contributed by atoms with E-state index in [1.54, 1.807) is 34.0 Å². The zero-order valence-corrected chi connectivity index (χ0v) is 15.5. The summed E-state index contributed by atoms with van der Waals surface area (Å²) in [5.74, 6) is -1.17. The van der Waals surface area contributed by atoms with Gasteiger partial charge in [0.1, 0.15) is 0 Å². The molecule has 148 valence electrons. The molecule has 0 radical (unpaired) electrons. The summed E-state index contributed by atoms with van der Waals surface area (Å²) in [5, 5.41) is 14.8. The molecule has 3 heterocycles. The van der Waals surface area contributed by atoms with Crippen LogP contribution in [0.3, 0.4) is 0 Å². The Labute approximate surface area is 161 Å². The summed E-state index contributed by atoms with van der Waals surface area (Å²) in [4.78, 5) is 8.67. The number of halogens is 2. The smallest absolute Gasteiger partial charge is 0.248 e. The molecule has 0 atom stereocenters. The first-order chi connectivity index (χ1) is 13.5. The van der Waals surface area contributed by atoms with Crippen molar-refractivity contribution in [3.05, 3.63) is 37.1 Å². The SMILES string of the molecule is Cn1cc(Nc2nccc(-n3cc(NCC4CCC(F)(F)CC4)cn3)n2)cn1. The highest BCUT2D eigenvalue weighted by Crippen LogP contribution is 2.36. The first kappa shape index (κ1) is 18.3. The normalized spacial score (nSPS) is 16.8. The van der Waals surface area contributed by atoms with Crippen molar-refractivity contribution in [2.75, 3.05) is 17.2 Å². The minimum absolute atomic E-state index is 0.0216. The summed E-state index contributed by atoms with van der Waals surface area (Å²) < 4.78 is 29.8. The number of aromatic nitrogens is 6. The molecule has 1 saturated carbocycles. The molecule has 3 aromatic heterocycles. The third-order valence-electron chi connectivity index (χ3n) is 4.85. The van der Waals surface area contributed by atoms with Crippen molar-refractivity contribution >= 4 is 17.3 Å². The first-order valence-electron chi connectivity index (χ1n) is 9.22. The fraction of sp³-hybridized carbons (Fsp3) is 0.444. The van der Waals surface area contributed by atoms with Crippen LogP contribution in [0.4, 0.5) is 26.1 Å². The average Bonchev–Trinajstić information content (AvgIpc) is 3.30. The zero-order valence-electron chi connectivity index (χ0n) is 15.5. The van der Waals surface area contributed by atoms with E-state index in [4.69, 9.17) is 0 Å². The number of nitrogens with zero attached hydrogens (tertiary/aromatic N) is 6. The Morgan fingerprint density at radius 3 is 2.68 bits per heavy atom. The molecular weight excluding hydrogens is 366 g/mol. The Morgan fingerprint density at radius 2 is 1.93 bits per heavy atom. The number of alkyl halides is 2. The average molecular weight is 388 g/mol.